The standard InChI is InChI=1S/C29H32N8O4/c1-18(40-2)36-28(38)24-27(37(41-3)29(36)39)30-26(21-9-5-4-6-10-21)35(24)17-19-13-15-20(16-14-19)22-11-7-8-12-23(22)25-31-33-34-32-25/h7-8,11-16,18,21H,4-6,9-10,17H2,1-3H3,(H,31,32,33,34). The molecule has 212 valence electrons. The molecule has 41 heavy (non-hydrogen) atoms. The molecule has 0 saturated heterocycles. The zero-order valence-corrected chi connectivity index (χ0v) is 23.3. The van der Waals surface area contributed by atoms with Crippen LogP contribution in [0, 0.1) is 0 Å². The molecule has 5 aromatic rings. The maximum absolute atomic E-state index is 13.8. The van der Waals surface area contributed by atoms with E-state index in [0.29, 0.717) is 17.9 Å². The van der Waals surface area contributed by atoms with Crippen LogP contribution in [0.1, 0.15) is 62.6 Å². The second-order valence-corrected chi connectivity index (χ2v) is 10.3. The number of imidazole rings is 1. The predicted octanol–water partition coefficient (Wildman–Crippen LogP) is 3.53. The van der Waals surface area contributed by atoms with Crippen LogP contribution in [0.2, 0.25) is 0 Å². The normalized spacial score (nSPS) is 14.9. The average Bonchev–Trinajstić information content (AvgIpc) is 3.67. The molecular weight excluding hydrogens is 524 g/mol. The van der Waals surface area contributed by atoms with Gasteiger partial charge in [-0.1, -0.05) is 67.8 Å². The lowest BCUT2D eigenvalue weighted by molar-refractivity contribution is 0.0456. The SMILES string of the molecule is COC(C)n1c(=O)c2c(nc(C3CCCCC3)n2Cc2ccc(-c3ccccc3-c3nn[nH]n3)cc2)n(OC)c1=O. The maximum atomic E-state index is 13.8. The zero-order chi connectivity index (χ0) is 28.5. The summed E-state index contributed by atoms with van der Waals surface area (Å²) in [5.41, 5.74) is 3.33. The van der Waals surface area contributed by atoms with Gasteiger partial charge in [-0.25, -0.2) is 14.3 Å². The monoisotopic (exact) mass is 556 g/mol. The molecule has 0 aliphatic heterocycles. The minimum Gasteiger partial charge on any atom is -0.411 e. The quantitative estimate of drug-likeness (QED) is 0.307. The van der Waals surface area contributed by atoms with Gasteiger partial charge in [0.15, 0.2) is 5.52 Å². The summed E-state index contributed by atoms with van der Waals surface area (Å²) in [5, 5.41) is 14.5. The van der Waals surface area contributed by atoms with Gasteiger partial charge >= 0.3 is 5.69 Å². The van der Waals surface area contributed by atoms with Crippen LogP contribution < -0.4 is 16.1 Å². The largest absolute Gasteiger partial charge is 0.411 e. The molecule has 1 aliphatic rings. The van der Waals surface area contributed by atoms with Gasteiger partial charge in [0.1, 0.15) is 19.2 Å². The molecule has 1 aliphatic carbocycles. The summed E-state index contributed by atoms with van der Waals surface area (Å²) in [4.78, 5) is 37.4. The van der Waals surface area contributed by atoms with E-state index in [2.05, 4.69) is 20.6 Å². The van der Waals surface area contributed by atoms with Gasteiger partial charge in [0, 0.05) is 25.1 Å². The molecule has 12 nitrogen and oxygen atoms in total. The molecule has 1 saturated carbocycles. The van der Waals surface area contributed by atoms with Crippen molar-refractivity contribution in [3.05, 3.63) is 80.8 Å². The molecule has 0 bridgehead atoms. The Hall–Kier alpha value is -4.58. The number of ether oxygens (including phenoxy) is 1. The number of nitrogens with zero attached hydrogens (tertiary/aromatic N) is 7. The number of methoxy groups -OCH3 is 1. The van der Waals surface area contributed by atoms with E-state index in [4.69, 9.17) is 14.6 Å². The number of aromatic amines is 1. The van der Waals surface area contributed by atoms with Crippen molar-refractivity contribution in [2.45, 2.75) is 57.7 Å². The van der Waals surface area contributed by atoms with Crippen molar-refractivity contribution >= 4 is 11.2 Å². The maximum Gasteiger partial charge on any atom is 0.368 e. The van der Waals surface area contributed by atoms with E-state index in [1.54, 1.807) is 6.92 Å². The lowest BCUT2D eigenvalue weighted by Gasteiger charge is -2.22. The Bertz CT molecular complexity index is 1780. The molecule has 1 atom stereocenters. The minimum absolute atomic E-state index is 0.186. The van der Waals surface area contributed by atoms with Crippen LogP contribution in [0.25, 0.3) is 33.7 Å². The molecule has 0 spiro atoms. The van der Waals surface area contributed by atoms with Crippen LogP contribution in [0.15, 0.2) is 58.1 Å². The fraction of sp³-hybridized carbons (Fsp3) is 0.379. The van der Waals surface area contributed by atoms with Crippen LogP contribution in [0.5, 0.6) is 0 Å². The highest BCUT2D eigenvalue weighted by Crippen LogP contribution is 2.34. The van der Waals surface area contributed by atoms with E-state index >= 15 is 0 Å². The number of H-pyrrole nitrogens is 1. The van der Waals surface area contributed by atoms with Crippen molar-refractivity contribution in [1.82, 2.24) is 39.5 Å². The minimum atomic E-state index is -0.777. The summed E-state index contributed by atoms with van der Waals surface area (Å²) >= 11 is 0. The van der Waals surface area contributed by atoms with Gasteiger partial charge in [-0.05, 0) is 41.7 Å². The Kier molecular flexibility index (Phi) is 7.23. The summed E-state index contributed by atoms with van der Waals surface area (Å²) in [6, 6.07) is 16.1. The number of fused-ring (bicyclic) bond motifs is 1. The molecule has 1 unspecified atom stereocenters. The second kappa shape index (κ2) is 11.1. The predicted molar refractivity (Wildman–Crippen MR) is 152 cm³/mol. The number of rotatable bonds is 8. The first-order chi connectivity index (χ1) is 20.0. The van der Waals surface area contributed by atoms with E-state index < -0.39 is 17.5 Å². The Morgan fingerprint density at radius 1 is 1.00 bits per heavy atom. The first-order valence-electron chi connectivity index (χ1n) is 13.8. The van der Waals surface area contributed by atoms with Crippen LogP contribution in [0.3, 0.4) is 0 Å². The molecule has 0 amide bonds. The van der Waals surface area contributed by atoms with Crippen LogP contribution in [0.4, 0.5) is 0 Å². The summed E-state index contributed by atoms with van der Waals surface area (Å²) < 4.78 is 9.50. The van der Waals surface area contributed by atoms with E-state index in [9.17, 15) is 9.59 Å². The van der Waals surface area contributed by atoms with Crippen LogP contribution >= 0.6 is 0 Å². The summed E-state index contributed by atoms with van der Waals surface area (Å²) in [5.74, 6) is 1.51. The third kappa shape index (κ3) is 4.73. The number of hydrogen-bond donors (Lipinski definition) is 1. The molecule has 0 radical (unpaired) electrons. The Morgan fingerprint density at radius 2 is 1.73 bits per heavy atom. The van der Waals surface area contributed by atoms with Crippen LogP contribution in [-0.4, -0.2) is 53.7 Å². The average molecular weight is 557 g/mol. The van der Waals surface area contributed by atoms with E-state index in [0.717, 1.165) is 63.1 Å². The highest BCUT2D eigenvalue weighted by Gasteiger charge is 2.28. The molecule has 12 heteroatoms. The fourth-order valence-corrected chi connectivity index (χ4v) is 5.80. The highest BCUT2D eigenvalue weighted by atomic mass is 16.7. The van der Waals surface area contributed by atoms with Gasteiger partial charge < -0.3 is 14.1 Å². The number of tetrazole rings is 1. The number of hydrogen-bond acceptors (Lipinski definition) is 8. The van der Waals surface area contributed by atoms with Crippen molar-refractivity contribution in [3.8, 4) is 22.5 Å². The smallest absolute Gasteiger partial charge is 0.368 e. The molecule has 3 aromatic heterocycles. The van der Waals surface area contributed by atoms with Gasteiger partial charge in [0.2, 0.25) is 11.5 Å². The lowest BCUT2D eigenvalue weighted by atomic mass is 9.88. The van der Waals surface area contributed by atoms with Crippen molar-refractivity contribution in [2.24, 2.45) is 0 Å². The van der Waals surface area contributed by atoms with Gasteiger partial charge in [0.25, 0.3) is 5.56 Å². The van der Waals surface area contributed by atoms with E-state index in [1.165, 1.54) is 20.6 Å². The van der Waals surface area contributed by atoms with Gasteiger partial charge in [-0.3, -0.25) is 4.79 Å². The Morgan fingerprint density at radius 3 is 2.39 bits per heavy atom. The van der Waals surface area contributed by atoms with Crippen LogP contribution in [-0.2, 0) is 11.3 Å². The molecule has 1 fully saturated rings. The second-order valence-electron chi connectivity index (χ2n) is 10.3. The summed E-state index contributed by atoms with van der Waals surface area (Å²) in [6.07, 6.45) is 4.57. The number of nitrogens with one attached hydrogen (secondary N) is 1. The third-order valence-electron chi connectivity index (χ3n) is 7.95. The van der Waals surface area contributed by atoms with Gasteiger partial charge in [-0.2, -0.15) is 5.21 Å². The zero-order valence-electron chi connectivity index (χ0n) is 23.3. The topological polar surface area (TPSA) is 135 Å². The van der Waals surface area contributed by atoms with Gasteiger partial charge in [-0.15, -0.1) is 14.9 Å². The van der Waals surface area contributed by atoms with Crippen molar-refractivity contribution in [3.63, 3.8) is 0 Å². The Labute approximate surface area is 235 Å². The van der Waals surface area contributed by atoms with E-state index in [-0.39, 0.29) is 11.6 Å². The lowest BCUT2D eigenvalue weighted by Crippen LogP contribution is -2.44. The van der Waals surface area contributed by atoms with Crippen molar-refractivity contribution in [2.75, 3.05) is 14.2 Å². The molecule has 6 rings (SSSR count). The number of aromatic nitrogens is 8. The molecule has 3 heterocycles. The summed E-state index contributed by atoms with van der Waals surface area (Å²) in [6.45, 7) is 2.07. The Balaban J connectivity index is 1.47. The number of benzene rings is 2. The third-order valence-corrected chi connectivity index (χ3v) is 7.95. The summed E-state index contributed by atoms with van der Waals surface area (Å²) in [7, 11) is 2.86. The molecule has 1 N–H and O–H groups in total. The highest BCUT2D eigenvalue weighted by molar-refractivity contribution is 5.80. The van der Waals surface area contributed by atoms with E-state index in [1.807, 2.05) is 53.1 Å². The van der Waals surface area contributed by atoms with Crippen molar-refractivity contribution < 1.29 is 9.57 Å². The fourth-order valence-electron chi connectivity index (χ4n) is 5.80. The van der Waals surface area contributed by atoms with Gasteiger partial charge in [0.05, 0.1) is 0 Å². The van der Waals surface area contributed by atoms with Crippen molar-refractivity contribution in [1.29, 1.82) is 0 Å². The first kappa shape index (κ1) is 26.6. The first-order valence-corrected chi connectivity index (χ1v) is 13.8. The molecule has 2 aromatic carbocycles. The molecular formula is C29H32N8O4.